The van der Waals surface area contributed by atoms with Crippen molar-refractivity contribution in [3.63, 3.8) is 0 Å². The summed E-state index contributed by atoms with van der Waals surface area (Å²) in [5, 5.41) is 3.10. The minimum atomic E-state index is -3.76. The highest BCUT2D eigenvalue weighted by molar-refractivity contribution is 9.10. The SMILES string of the molecule is Cc1cc(N(CC(=O)N(Cc2cccc(Br)c2)C(C)C(=O)NC2CCCCC2)S(C)(=O)=O)ccc1Br. The first-order valence-electron chi connectivity index (χ1n) is 12.0. The molecule has 0 spiro atoms. The van der Waals surface area contributed by atoms with E-state index in [1.165, 1.54) is 11.3 Å². The number of amides is 2. The minimum Gasteiger partial charge on any atom is -0.352 e. The molecular weight excluding hydrogens is 610 g/mol. The Hall–Kier alpha value is -1.91. The lowest BCUT2D eigenvalue weighted by Gasteiger charge is -2.33. The van der Waals surface area contributed by atoms with Gasteiger partial charge in [0.05, 0.1) is 11.9 Å². The number of carbonyl (C=O) groups is 2. The van der Waals surface area contributed by atoms with Crippen LogP contribution in [0.1, 0.15) is 50.2 Å². The van der Waals surface area contributed by atoms with Crippen LogP contribution in [-0.4, -0.2) is 50.0 Å². The van der Waals surface area contributed by atoms with E-state index in [4.69, 9.17) is 0 Å². The van der Waals surface area contributed by atoms with Gasteiger partial charge in [0, 0.05) is 21.5 Å². The van der Waals surface area contributed by atoms with Gasteiger partial charge in [-0.15, -0.1) is 0 Å². The third-order valence-electron chi connectivity index (χ3n) is 6.47. The van der Waals surface area contributed by atoms with Crippen molar-refractivity contribution in [2.24, 2.45) is 0 Å². The highest BCUT2D eigenvalue weighted by Gasteiger charge is 2.31. The summed E-state index contributed by atoms with van der Waals surface area (Å²) >= 11 is 6.89. The van der Waals surface area contributed by atoms with Crippen molar-refractivity contribution in [1.82, 2.24) is 10.2 Å². The number of hydrogen-bond acceptors (Lipinski definition) is 4. The van der Waals surface area contributed by atoms with Crippen LogP contribution < -0.4 is 9.62 Å². The largest absolute Gasteiger partial charge is 0.352 e. The van der Waals surface area contributed by atoms with E-state index in [2.05, 4.69) is 37.2 Å². The van der Waals surface area contributed by atoms with Gasteiger partial charge in [-0.2, -0.15) is 0 Å². The zero-order valence-electron chi connectivity index (χ0n) is 20.8. The molecule has 0 aliphatic heterocycles. The number of nitrogens with one attached hydrogen (secondary N) is 1. The van der Waals surface area contributed by atoms with Crippen LogP contribution in [0, 0.1) is 6.92 Å². The van der Waals surface area contributed by atoms with Gasteiger partial charge < -0.3 is 10.2 Å². The van der Waals surface area contributed by atoms with E-state index < -0.39 is 28.5 Å². The molecule has 2 aromatic carbocycles. The fourth-order valence-corrected chi connectivity index (χ4v) is 5.92. The summed E-state index contributed by atoms with van der Waals surface area (Å²) in [6.07, 6.45) is 6.28. The maximum atomic E-state index is 13.7. The van der Waals surface area contributed by atoms with E-state index in [-0.39, 0.29) is 18.5 Å². The van der Waals surface area contributed by atoms with Gasteiger partial charge in [0.1, 0.15) is 12.6 Å². The first kappa shape index (κ1) is 28.7. The van der Waals surface area contributed by atoms with Gasteiger partial charge in [0.2, 0.25) is 21.8 Å². The third kappa shape index (κ3) is 7.79. The first-order valence-corrected chi connectivity index (χ1v) is 15.5. The molecule has 1 fully saturated rings. The molecule has 1 unspecified atom stereocenters. The van der Waals surface area contributed by atoms with E-state index in [9.17, 15) is 18.0 Å². The van der Waals surface area contributed by atoms with E-state index in [0.717, 1.165) is 56.3 Å². The molecule has 2 aromatic rings. The average Bonchev–Trinajstić information content (AvgIpc) is 2.82. The Morgan fingerprint density at radius 3 is 2.39 bits per heavy atom. The summed E-state index contributed by atoms with van der Waals surface area (Å²) in [4.78, 5) is 28.3. The zero-order chi connectivity index (χ0) is 26.5. The van der Waals surface area contributed by atoms with Gasteiger partial charge in [-0.1, -0.05) is 63.3 Å². The second kappa shape index (κ2) is 12.6. The Labute approximate surface area is 230 Å². The van der Waals surface area contributed by atoms with Gasteiger partial charge in [0.15, 0.2) is 0 Å². The molecule has 0 radical (unpaired) electrons. The lowest BCUT2D eigenvalue weighted by molar-refractivity contribution is -0.139. The second-order valence-corrected chi connectivity index (χ2v) is 13.1. The predicted octanol–water partition coefficient (Wildman–Crippen LogP) is 5.15. The zero-order valence-corrected chi connectivity index (χ0v) is 24.8. The molecular formula is C26H33Br2N3O4S. The Morgan fingerprint density at radius 2 is 1.78 bits per heavy atom. The molecule has 0 aromatic heterocycles. The van der Waals surface area contributed by atoms with Crippen LogP contribution in [0.5, 0.6) is 0 Å². The molecule has 7 nitrogen and oxygen atoms in total. The van der Waals surface area contributed by atoms with Gasteiger partial charge in [0.25, 0.3) is 0 Å². The number of rotatable bonds is 9. The average molecular weight is 643 g/mol. The predicted molar refractivity (Wildman–Crippen MR) is 150 cm³/mol. The van der Waals surface area contributed by atoms with Crippen LogP contribution in [0.3, 0.4) is 0 Å². The van der Waals surface area contributed by atoms with Gasteiger partial charge in [-0.25, -0.2) is 8.42 Å². The summed E-state index contributed by atoms with van der Waals surface area (Å²) in [5.41, 5.74) is 2.08. The highest BCUT2D eigenvalue weighted by Crippen LogP contribution is 2.25. The van der Waals surface area contributed by atoms with E-state index in [1.807, 2.05) is 31.2 Å². The Bertz CT molecular complexity index is 1200. The number of hydrogen-bond donors (Lipinski definition) is 1. The Balaban J connectivity index is 1.88. The summed E-state index contributed by atoms with van der Waals surface area (Å²) in [5.74, 6) is -0.678. The number of anilines is 1. The molecule has 1 aliphatic carbocycles. The number of sulfonamides is 1. The fraction of sp³-hybridized carbons (Fsp3) is 0.462. The van der Waals surface area contributed by atoms with E-state index in [0.29, 0.717) is 5.69 Å². The van der Waals surface area contributed by atoms with Crippen molar-refractivity contribution in [3.05, 3.63) is 62.5 Å². The molecule has 0 saturated heterocycles. The molecule has 3 rings (SSSR count). The van der Waals surface area contributed by atoms with Gasteiger partial charge in [-0.3, -0.25) is 13.9 Å². The van der Waals surface area contributed by atoms with Crippen LogP contribution in [0.25, 0.3) is 0 Å². The fourth-order valence-electron chi connectivity index (χ4n) is 4.38. The van der Waals surface area contributed by atoms with Crippen LogP contribution >= 0.6 is 31.9 Å². The lowest BCUT2D eigenvalue weighted by Crippen LogP contribution is -2.53. The standard InChI is InChI=1S/C26H33Br2N3O4S/c1-18-14-23(12-13-24(18)28)31(36(3,34)35)17-25(32)30(16-20-8-7-9-21(27)15-20)19(2)26(33)29-22-10-5-4-6-11-22/h7-9,12-15,19,22H,4-6,10-11,16-17H2,1-3H3,(H,29,33). The molecule has 2 amide bonds. The van der Waals surface area contributed by atoms with Crippen LogP contribution in [0.4, 0.5) is 5.69 Å². The number of carbonyl (C=O) groups excluding carboxylic acids is 2. The number of nitrogens with zero attached hydrogens (tertiary/aromatic N) is 2. The van der Waals surface area contributed by atoms with Crippen LogP contribution in [-0.2, 0) is 26.2 Å². The Morgan fingerprint density at radius 1 is 1.08 bits per heavy atom. The maximum absolute atomic E-state index is 13.7. The Kier molecular flexibility index (Phi) is 10.00. The maximum Gasteiger partial charge on any atom is 0.244 e. The number of aryl methyl sites for hydroxylation is 1. The topological polar surface area (TPSA) is 86.8 Å². The first-order chi connectivity index (χ1) is 17.0. The number of halogens is 2. The van der Waals surface area contributed by atoms with Crippen molar-refractivity contribution >= 4 is 59.4 Å². The molecule has 1 saturated carbocycles. The second-order valence-electron chi connectivity index (χ2n) is 9.37. The molecule has 0 bridgehead atoms. The third-order valence-corrected chi connectivity index (χ3v) is 8.99. The molecule has 1 N–H and O–H groups in total. The molecule has 0 heterocycles. The molecule has 10 heteroatoms. The summed E-state index contributed by atoms with van der Waals surface area (Å²) in [6.45, 7) is 3.32. The van der Waals surface area contributed by atoms with Crippen molar-refractivity contribution in [2.45, 2.75) is 64.6 Å². The summed E-state index contributed by atoms with van der Waals surface area (Å²) in [7, 11) is -3.76. The highest BCUT2D eigenvalue weighted by atomic mass is 79.9. The van der Waals surface area contributed by atoms with Crippen LogP contribution in [0.2, 0.25) is 0 Å². The minimum absolute atomic E-state index is 0.106. The molecule has 1 atom stereocenters. The van der Waals surface area contributed by atoms with Crippen molar-refractivity contribution < 1.29 is 18.0 Å². The van der Waals surface area contributed by atoms with E-state index in [1.54, 1.807) is 25.1 Å². The van der Waals surface area contributed by atoms with Crippen molar-refractivity contribution in [1.29, 1.82) is 0 Å². The van der Waals surface area contributed by atoms with Gasteiger partial charge >= 0.3 is 0 Å². The van der Waals surface area contributed by atoms with Crippen molar-refractivity contribution in [3.8, 4) is 0 Å². The summed E-state index contributed by atoms with van der Waals surface area (Å²) < 4.78 is 28.2. The van der Waals surface area contributed by atoms with Crippen LogP contribution in [0.15, 0.2) is 51.4 Å². The normalized spacial score (nSPS) is 15.2. The smallest absolute Gasteiger partial charge is 0.244 e. The van der Waals surface area contributed by atoms with Gasteiger partial charge in [-0.05, 0) is 68.1 Å². The molecule has 36 heavy (non-hydrogen) atoms. The quantitative estimate of drug-likeness (QED) is 0.410. The number of benzene rings is 2. The lowest BCUT2D eigenvalue weighted by atomic mass is 9.95. The van der Waals surface area contributed by atoms with Crippen molar-refractivity contribution in [2.75, 3.05) is 17.1 Å². The molecule has 1 aliphatic rings. The monoisotopic (exact) mass is 641 g/mol. The summed E-state index contributed by atoms with van der Waals surface area (Å²) in [6, 6.07) is 12.0. The molecule has 196 valence electrons. The van der Waals surface area contributed by atoms with E-state index >= 15 is 0 Å².